The Hall–Kier alpha value is -2.38. The fourth-order valence-electron chi connectivity index (χ4n) is 2.85. The van der Waals surface area contributed by atoms with Crippen LogP contribution in [0.5, 0.6) is 0 Å². The second kappa shape index (κ2) is 9.21. The molecule has 0 fully saturated rings. The first-order valence-corrected chi connectivity index (χ1v) is 10.8. The number of thioether (sulfide) groups is 1. The molecule has 0 aliphatic rings. The summed E-state index contributed by atoms with van der Waals surface area (Å²) in [7, 11) is 0. The molecule has 146 valence electrons. The van der Waals surface area contributed by atoms with Crippen LogP contribution in [-0.4, -0.2) is 33.7 Å². The number of hydrogen-bond acceptors (Lipinski definition) is 6. The van der Waals surface area contributed by atoms with Gasteiger partial charge in [-0.3, -0.25) is 14.2 Å². The minimum Gasteiger partial charge on any atom is -0.457 e. The molecule has 0 aliphatic carbocycles. The Kier molecular flexibility index (Phi) is 6.70. The lowest BCUT2D eigenvalue weighted by molar-refractivity contribution is -0.141. The van der Waals surface area contributed by atoms with Gasteiger partial charge in [-0.1, -0.05) is 17.7 Å². The van der Waals surface area contributed by atoms with Gasteiger partial charge in [0.2, 0.25) is 5.78 Å². The van der Waals surface area contributed by atoms with Gasteiger partial charge in [0.05, 0.1) is 6.42 Å². The van der Waals surface area contributed by atoms with Gasteiger partial charge in [-0.05, 0) is 39.0 Å². The van der Waals surface area contributed by atoms with E-state index in [0.717, 1.165) is 21.4 Å². The van der Waals surface area contributed by atoms with Gasteiger partial charge in [0.25, 0.3) is 0 Å². The monoisotopic (exact) mass is 414 g/mol. The molecule has 0 bridgehead atoms. The predicted octanol–water partition coefficient (Wildman–Crippen LogP) is 4.77. The average Bonchev–Trinajstić information content (AvgIpc) is 3.29. The summed E-state index contributed by atoms with van der Waals surface area (Å²) in [5.41, 5.74) is 3.51. The molecule has 3 rings (SSSR count). The van der Waals surface area contributed by atoms with Gasteiger partial charge < -0.3 is 4.74 Å². The Bertz CT molecular complexity index is 960. The van der Waals surface area contributed by atoms with Crippen molar-refractivity contribution >= 4 is 34.9 Å². The summed E-state index contributed by atoms with van der Waals surface area (Å²) in [6, 6.07) is 9.98. The number of aryl methyl sites for hydroxylation is 2. The van der Waals surface area contributed by atoms with Crippen molar-refractivity contribution in [3.8, 4) is 5.13 Å². The summed E-state index contributed by atoms with van der Waals surface area (Å²) in [6.45, 7) is 5.61. The minimum absolute atomic E-state index is 0.199. The Labute approximate surface area is 172 Å². The summed E-state index contributed by atoms with van der Waals surface area (Å²) < 4.78 is 7.13. The molecule has 3 aromatic rings. The molecule has 1 aromatic carbocycles. The molecule has 2 aromatic heterocycles. The molecule has 5 nitrogen and oxygen atoms in total. The maximum Gasteiger partial charge on any atom is 0.307 e. The smallest absolute Gasteiger partial charge is 0.307 e. The molecule has 0 amide bonds. The van der Waals surface area contributed by atoms with Crippen molar-refractivity contribution < 1.29 is 14.3 Å². The Morgan fingerprint density at radius 2 is 1.93 bits per heavy atom. The van der Waals surface area contributed by atoms with E-state index in [2.05, 4.69) is 4.98 Å². The minimum atomic E-state index is -0.360. The number of ketones is 1. The van der Waals surface area contributed by atoms with Crippen LogP contribution in [0, 0.1) is 20.8 Å². The van der Waals surface area contributed by atoms with Crippen LogP contribution in [0.3, 0.4) is 0 Å². The fraction of sp³-hybridized carbons (Fsp3) is 0.286. The first kappa shape index (κ1) is 20.4. The lowest BCUT2D eigenvalue weighted by Gasteiger charge is -2.06. The molecule has 0 spiro atoms. The first-order chi connectivity index (χ1) is 13.5. The van der Waals surface area contributed by atoms with Gasteiger partial charge in [-0.15, -0.1) is 23.1 Å². The van der Waals surface area contributed by atoms with E-state index in [1.807, 2.05) is 61.1 Å². The topological polar surface area (TPSA) is 61.2 Å². The highest BCUT2D eigenvalue weighted by molar-refractivity contribution is 7.99. The molecule has 0 atom stereocenters. The largest absolute Gasteiger partial charge is 0.457 e. The first-order valence-electron chi connectivity index (χ1n) is 8.93. The zero-order valence-corrected chi connectivity index (χ0v) is 17.7. The number of Topliss-reactive ketones (excluding diaryl/α,β-unsaturated/α-hetero) is 1. The zero-order valence-electron chi connectivity index (χ0n) is 16.1. The Morgan fingerprint density at radius 1 is 1.18 bits per heavy atom. The quantitative estimate of drug-likeness (QED) is 0.302. The summed E-state index contributed by atoms with van der Waals surface area (Å²) >= 11 is 3.11. The number of nitrogens with zero attached hydrogens (tertiary/aromatic N) is 2. The second-order valence-corrected chi connectivity index (χ2v) is 8.47. The van der Waals surface area contributed by atoms with Crippen LogP contribution in [0.15, 0.2) is 46.8 Å². The second-order valence-electron chi connectivity index (χ2n) is 6.43. The number of benzene rings is 1. The maximum atomic E-state index is 12.5. The molecular weight excluding hydrogens is 392 g/mol. The van der Waals surface area contributed by atoms with Crippen LogP contribution >= 0.6 is 23.1 Å². The van der Waals surface area contributed by atoms with Crippen molar-refractivity contribution in [1.29, 1.82) is 0 Å². The van der Waals surface area contributed by atoms with Crippen LogP contribution in [0.4, 0.5) is 0 Å². The maximum absolute atomic E-state index is 12.5. The van der Waals surface area contributed by atoms with E-state index >= 15 is 0 Å². The van der Waals surface area contributed by atoms with Crippen LogP contribution in [0.1, 0.15) is 33.7 Å². The van der Waals surface area contributed by atoms with Gasteiger partial charge in [0, 0.05) is 39.2 Å². The van der Waals surface area contributed by atoms with Gasteiger partial charge in [0.15, 0.2) is 11.7 Å². The molecule has 0 aliphatic heterocycles. The number of aromatic nitrogens is 2. The molecular formula is C21H22N2O3S2. The molecule has 0 unspecified atom stereocenters. The van der Waals surface area contributed by atoms with E-state index in [-0.39, 0.29) is 24.8 Å². The lowest BCUT2D eigenvalue weighted by Crippen LogP contribution is -2.15. The highest BCUT2D eigenvalue weighted by Gasteiger charge is 2.19. The van der Waals surface area contributed by atoms with Crippen LogP contribution in [-0.2, 0) is 9.53 Å². The normalized spacial score (nSPS) is 10.8. The highest BCUT2D eigenvalue weighted by Crippen LogP contribution is 2.23. The van der Waals surface area contributed by atoms with Crippen molar-refractivity contribution in [3.63, 3.8) is 0 Å². The third-order valence-corrected chi connectivity index (χ3v) is 6.07. The van der Waals surface area contributed by atoms with E-state index in [1.54, 1.807) is 18.0 Å². The van der Waals surface area contributed by atoms with E-state index in [1.165, 1.54) is 16.9 Å². The fourth-order valence-corrected chi connectivity index (χ4v) is 4.43. The summed E-state index contributed by atoms with van der Waals surface area (Å²) in [4.78, 5) is 29.9. The van der Waals surface area contributed by atoms with Gasteiger partial charge in [0.1, 0.15) is 0 Å². The molecule has 28 heavy (non-hydrogen) atoms. The summed E-state index contributed by atoms with van der Waals surface area (Å²) in [5.74, 6) is 0.0615. The van der Waals surface area contributed by atoms with Crippen molar-refractivity contribution in [3.05, 3.63) is 64.4 Å². The summed E-state index contributed by atoms with van der Waals surface area (Å²) in [6.07, 6.45) is 2.00. The highest BCUT2D eigenvalue weighted by atomic mass is 32.2. The number of rotatable bonds is 8. The third-order valence-electron chi connectivity index (χ3n) is 4.30. The van der Waals surface area contributed by atoms with Gasteiger partial charge in [-0.25, -0.2) is 4.98 Å². The molecule has 0 N–H and O–H groups in total. The van der Waals surface area contributed by atoms with Crippen molar-refractivity contribution in [2.24, 2.45) is 0 Å². The SMILES string of the molecule is Cc1ccc(SCCC(=O)OCC(=O)c2cc(C)n(-c3nccs3)c2C)cc1. The van der Waals surface area contributed by atoms with E-state index in [9.17, 15) is 9.59 Å². The van der Waals surface area contributed by atoms with Crippen LogP contribution < -0.4 is 0 Å². The number of hydrogen-bond donors (Lipinski definition) is 0. The lowest BCUT2D eigenvalue weighted by atomic mass is 10.1. The average molecular weight is 415 g/mol. The van der Waals surface area contributed by atoms with Crippen molar-refractivity contribution in [1.82, 2.24) is 9.55 Å². The van der Waals surface area contributed by atoms with Gasteiger partial charge >= 0.3 is 5.97 Å². The molecule has 0 saturated carbocycles. The molecule has 7 heteroatoms. The van der Waals surface area contributed by atoms with Crippen molar-refractivity contribution in [2.45, 2.75) is 32.1 Å². The van der Waals surface area contributed by atoms with Gasteiger partial charge in [-0.2, -0.15) is 0 Å². The predicted molar refractivity (Wildman–Crippen MR) is 113 cm³/mol. The zero-order chi connectivity index (χ0) is 20.1. The third kappa shape index (κ3) is 4.91. The molecule has 2 heterocycles. The van der Waals surface area contributed by atoms with Crippen LogP contribution in [0.25, 0.3) is 5.13 Å². The van der Waals surface area contributed by atoms with Crippen LogP contribution in [0.2, 0.25) is 0 Å². The number of thiazole rings is 1. The summed E-state index contributed by atoms with van der Waals surface area (Å²) in [5, 5.41) is 2.71. The number of carbonyl (C=O) groups is 2. The Morgan fingerprint density at radius 3 is 2.61 bits per heavy atom. The molecule has 0 saturated heterocycles. The number of carbonyl (C=O) groups excluding carboxylic acids is 2. The Balaban J connectivity index is 1.50. The van der Waals surface area contributed by atoms with E-state index in [0.29, 0.717) is 11.3 Å². The van der Waals surface area contributed by atoms with E-state index < -0.39 is 0 Å². The number of esters is 1. The van der Waals surface area contributed by atoms with E-state index in [4.69, 9.17) is 4.74 Å². The molecule has 0 radical (unpaired) electrons. The van der Waals surface area contributed by atoms with Crippen molar-refractivity contribution in [2.75, 3.05) is 12.4 Å². The number of ether oxygens (including phenoxy) is 1. The standard InChI is InChI=1S/C21H22N2O3S2/c1-14-4-6-17(7-5-14)27-10-8-20(25)26-13-19(24)18-12-15(2)23(16(18)3)21-22-9-11-28-21/h4-7,9,11-12H,8,10,13H2,1-3H3.